The average molecular weight is 370 g/mol. The first-order valence-corrected chi connectivity index (χ1v) is 9.44. The second-order valence-corrected chi connectivity index (χ2v) is 7.12. The summed E-state index contributed by atoms with van der Waals surface area (Å²) in [6.45, 7) is 1.59. The molecule has 2 aliphatic heterocycles. The second kappa shape index (κ2) is 6.56. The van der Waals surface area contributed by atoms with Gasteiger partial charge >= 0.3 is 0 Å². The molecule has 4 heterocycles. The molecule has 0 saturated carbocycles. The van der Waals surface area contributed by atoms with Crippen LogP contribution >= 0.6 is 0 Å². The van der Waals surface area contributed by atoms with Crippen molar-refractivity contribution in [2.45, 2.75) is 38.3 Å². The van der Waals surface area contributed by atoms with Gasteiger partial charge in [0.15, 0.2) is 17.9 Å². The van der Waals surface area contributed by atoms with Crippen LogP contribution in [0.3, 0.4) is 0 Å². The van der Waals surface area contributed by atoms with Crippen molar-refractivity contribution in [2.24, 2.45) is 0 Å². The SMILES string of the molecule is Fc1cc2c(-c3ccc4c(n3)CCCN4)nn(C3CCCCO3)c2cc1F. The first-order chi connectivity index (χ1) is 13.2. The van der Waals surface area contributed by atoms with Crippen LogP contribution in [0.5, 0.6) is 0 Å². The highest BCUT2D eigenvalue weighted by Crippen LogP contribution is 2.34. The average Bonchev–Trinajstić information content (AvgIpc) is 3.07. The molecule has 1 N–H and O–H groups in total. The van der Waals surface area contributed by atoms with E-state index in [0.29, 0.717) is 28.9 Å². The van der Waals surface area contributed by atoms with E-state index in [1.807, 2.05) is 12.1 Å². The van der Waals surface area contributed by atoms with E-state index >= 15 is 0 Å². The number of hydrogen-bond donors (Lipinski definition) is 1. The minimum atomic E-state index is -0.882. The Hall–Kier alpha value is -2.54. The monoisotopic (exact) mass is 370 g/mol. The van der Waals surface area contributed by atoms with Crippen molar-refractivity contribution in [3.05, 3.63) is 41.6 Å². The smallest absolute Gasteiger partial charge is 0.161 e. The van der Waals surface area contributed by atoms with E-state index in [1.54, 1.807) is 4.68 Å². The molecule has 5 nitrogen and oxygen atoms in total. The third kappa shape index (κ3) is 2.86. The zero-order valence-electron chi connectivity index (χ0n) is 14.8. The van der Waals surface area contributed by atoms with Crippen molar-refractivity contribution >= 4 is 16.6 Å². The molecule has 27 heavy (non-hydrogen) atoms. The Bertz CT molecular complexity index is 1010. The molecule has 1 saturated heterocycles. The number of fused-ring (bicyclic) bond motifs is 2. The Labute approximate surface area is 155 Å². The third-order valence-corrected chi connectivity index (χ3v) is 5.30. The van der Waals surface area contributed by atoms with E-state index in [4.69, 9.17) is 9.72 Å². The van der Waals surface area contributed by atoms with Gasteiger partial charge in [0.1, 0.15) is 5.69 Å². The van der Waals surface area contributed by atoms with Gasteiger partial charge in [-0.2, -0.15) is 5.10 Å². The summed E-state index contributed by atoms with van der Waals surface area (Å²) in [6, 6.07) is 6.29. The third-order valence-electron chi connectivity index (χ3n) is 5.30. The number of ether oxygens (including phenoxy) is 1. The second-order valence-electron chi connectivity index (χ2n) is 7.12. The molecule has 1 aromatic carbocycles. The zero-order chi connectivity index (χ0) is 18.4. The number of hydrogen-bond acceptors (Lipinski definition) is 4. The molecule has 0 amide bonds. The van der Waals surface area contributed by atoms with Gasteiger partial charge in [0.25, 0.3) is 0 Å². The van der Waals surface area contributed by atoms with Crippen LogP contribution < -0.4 is 5.32 Å². The van der Waals surface area contributed by atoms with E-state index in [1.165, 1.54) is 12.1 Å². The Balaban J connectivity index is 1.68. The molecule has 5 rings (SSSR count). The number of benzene rings is 1. The van der Waals surface area contributed by atoms with E-state index < -0.39 is 11.6 Å². The summed E-state index contributed by atoms with van der Waals surface area (Å²) in [5.74, 6) is -1.76. The topological polar surface area (TPSA) is 52.0 Å². The molecular weight excluding hydrogens is 350 g/mol. The summed E-state index contributed by atoms with van der Waals surface area (Å²) in [6.07, 6.45) is 4.48. The van der Waals surface area contributed by atoms with Gasteiger partial charge < -0.3 is 10.1 Å². The van der Waals surface area contributed by atoms with Gasteiger partial charge in [-0.1, -0.05) is 0 Å². The zero-order valence-corrected chi connectivity index (χ0v) is 14.8. The number of rotatable bonds is 2. The first-order valence-electron chi connectivity index (χ1n) is 9.44. The van der Waals surface area contributed by atoms with Crippen molar-refractivity contribution in [1.29, 1.82) is 0 Å². The Morgan fingerprint density at radius 1 is 1.11 bits per heavy atom. The lowest BCUT2D eigenvalue weighted by molar-refractivity contribution is -0.0365. The van der Waals surface area contributed by atoms with Crippen LogP contribution in [0.1, 0.15) is 37.6 Å². The van der Waals surface area contributed by atoms with Crippen molar-refractivity contribution < 1.29 is 13.5 Å². The van der Waals surface area contributed by atoms with Gasteiger partial charge in [0, 0.05) is 24.6 Å². The summed E-state index contributed by atoms with van der Waals surface area (Å²) in [5.41, 5.74) is 3.78. The van der Waals surface area contributed by atoms with Crippen LogP contribution in [0.25, 0.3) is 22.3 Å². The molecule has 0 bridgehead atoms. The van der Waals surface area contributed by atoms with Crippen LogP contribution in [0, 0.1) is 11.6 Å². The number of aryl methyl sites for hydroxylation is 1. The van der Waals surface area contributed by atoms with Gasteiger partial charge in [0.2, 0.25) is 0 Å². The van der Waals surface area contributed by atoms with Crippen molar-refractivity contribution in [1.82, 2.24) is 14.8 Å². The molecule has 7 heteroatoms. The molecule has 0 aliphatic carbocycles. The highest BCUT2D eigenvalue weighted by Gasteiger charge is 2.24. The number of anilines is 1. The quantitative estimate of drug-likeness (QED) is 0.725. The van der Waals surface area contributed by atoms with Gasteiger partial charge in [-0.15, -0.1) is 0 Å². The van der Waals surface area contributed by atoms with Crippen LogP contribution in [-0.4, -0.2) is 27.9 Å². The van der Waals surface area contributed by atoms with E-state index in [-0.39, 0.29) is 6.23 Å². The number of nitrogens with zero attached hydrogens (tertiary/aromatic N) is 3. The van der Waals surface area contributed by atoms with Gasteiger partial charge in [-0.3, -0.25) is 0 Å². The lowest BCUT2D eigenvalue weighted by Crippen LogP contribution is -2.19. The molecule has 0 spiro atoms. The predicted molar refractivity (Wildman–Crippen MR) is 98.5 cm³/mol. The molecule has 1 fully saturated rings. The maximum absolute atomic E-state index is 14.0. The van der Waals surface area contributed by atoms with Crippen molar-refractivity contribution in [3.8, 4) is 11.4 Å². The molecular formula is C20H20F2N4O. The van der Waals surface area contributed by atoms with E-state index in [9.17, 15) is 8.78 Å². The van der Waals surface area contributed by atoms with Gasteiger partial charge in [-0.05, 0) is 50.3 Å². The fourth-order valence-corrected chi connectivity index (χ4v) is 3.92. The van der Waals surface area contributed by atoms with Gasteiger partial charge in [-0.25, -0.2) is 18.4 Å². The van der Waals surface area contributed by atoms with Gasteiger partial charge in [0.05, 0.1) is 22.6 Å². The number of nitrogens with one attached hydrogen (secondary N) is 1. The van der Waals surface area contributed by atoms with Crippen LogP contribution in [0.15, 0.2) is 24.3 Å². The van der Waals surface area contributed by atoms with Crippen molar-refractivity contribution in [3.63, 3.8) is 0 Å². The molecule has 2 aromatic heterocycles. The molecule has 1 atom stereocenters. The fourth-order valence-electron chi connectivity index (χ4n) is 3.92. The molecule has 2 aliphatic rings. The van der Waals surface area contributed by atoms with Crippen molar-refractivity contribution in [2.75, 3.05) is 18.5 Å². The fraction of sp³-hybridized carbons (Fsp3) is 0.400. The predicted octanol–water partition coefficient (Wildman–Crippen LogP) is 4.43. The summed E-state index contributed by atoms with van der Waals surface area (Å²) in [7, 11) is 0. The van der Waals surface area contributed by atoms with E-state index in [0.717, 1.165) is 50.0 Å². The van der Waals surface area contributed by atoms with Crippen LogP contribution in [-0.2, 0) is 11.2 Å². The molecule has 140 valence electrons. The number of aromatic nitrogens is 3. The summed E-state index contributed by atoms with van der Waals surface area (Å²) in [4.78, 5) is 4.75. The molecule has 1 unspecified atom stereocenters. The van der Waals surface area contributed by atoms with Crippen LogP contribution in [0.4, 0.5) is 14.5 Å². The lowest BCUT2D eigenvalue weighted by atomic mass is 10.1. The Morgan fingerprint density at radius 2 is 2.00 bits per heavy atom. The highest BCUT2D eigenvalue weighted by atomic mass is 19.2. The Kier molecular flexibility index (Phi) is 4.04. The largest absolute Gasteiger partial charge is 0.384 e. The highest BCUT2D eigenvalue weighted by molar-refractivity contribution is 5.92. The Morgan fingerprint density at radius 3 is 2.85 bits per heavy atom. The number of halogens is 2. The summed E-state index contributed by atoms with van der Waals surface area (Å²) < 4.78 is 35.5. The van der Waals surface area contributed by atoms with Crippen LogP contribution in [0.2, 0.25) is 0 Å². The van der Waals surface area contributed by atoms with E-state index in [2.05, 4.69) is 10.4 Å². The minimum Gasteiger partial charge on any atom is -0.384 e. The molecule has 0 radical (unpaired) electrons. The number of pyridine rings is 1. The molecule has 3 aromatic rings. The minimum absolute atomic E-state index is 0.265. The first kappa shape index (κ1) is 16.6. The summed E-state index contributed by atoms with van der Waals surface area (Å²) >= 11 is 0. The maximum atomic E-state index is 14.0. The summed E-state index contributed by atoms with van der Waals surface area (Å²) in [5, 5.41) is 8.58. The lowest BCUT2D eigenvalue weighted by Gasteiger charge is -2.23. The normalized spacial score (nSPS) is 19.7. The standard InChI is InChI=1S/C20H20F2N4O/c21-13-10-12-18(11-14(13)22)26(19-5-1-2-9-27-19)25-20(12)17-7-6-15-16(24-17)4-3-8-23-15/h6-7,10-11,19,23H,1-5,8-9H2. The maximum Gasteiger partial charge on any atom is 0.161 e.